The maximum Gasteiger partial charge on any atom is 0.409 e. The molecule has 8 nitrogen and oxygen atoms in total. The van der Waals surface area contributed by atoms with Gasteiger partial charge in [-0.05, 0) is 75.1 Å². The monoisotopic (exact) mass is 469 g/mol. The fourth-order valence-corrected chi connectivity index (χ4v) is 5.36. The summed E-state index contributed by atoms with van der Waals surface area (Å²) in [5.41, 5.74) is 3.63. The number of ether oxygens (including phenoxy) is 1. The van der Waals surface area contributed by atoms with E-state index in [9.17, 15) is 19.2 Å². The Bertz CT molecular complexity index is 975. The van der Waals surface area contributed by atoms with E-state index in [0.29, 0.717) is 44.9 Å². The van der Waals surface area contributed by atoms with E-state index in [1.54, 1.807) is 11.8 Å². The molecule has 4 amide bonds. The molecule has 4 rings (SSSR count). The molecule has 2 aliphatic heterocycles. The van der Waals surface area contributed by atoms with E-state index >= 15 is 0 Å². The van der Waals surface area contributed by atoms with Gasteiger partial charge in [-0.2, -0.15) is 0 Å². The topological polar surface area (TPSA) is 87.2 Å². The van der Waals surface area contributed by atoms with Crippen LogP contribution in [0.25, 0.3) is 0 Å². The number of aryl methyl sites for hydroxylation is 2. The molecule has 1 saturated carbocycles. The number of piperazine rings is 1. The highest BCUT2D eigenvalue weighted by Crippen LogP contribution is 2.32. The lowest BCUT2D eigenvalue weighted by molar-refractivity contribution is -0.139. The summed E-state index contributed by atoms with van der Waals surface area (Å²) in [6.07, 6.45) is 3.16. The number of amides is 4. The zero-order valence-corrected chi connectivity index (χ0v) is 20.5. The number of fused-ring (bicyclic) bond motifs is 1. The highest BCUT2D eigenvalue weighted by Gasteiger charge is 2.36. The average molecular weight is 470 g/mol. The molecule has 0 aromatic heterocycles. The van der Waals surface area contributed by atoms with Crippen LogP contribution in [0.2, 0.25) is 0 Å². The highest BCUT2D eigenvalue weighted by atomic mass is 16.6. The quantitative estimate of drug-likeness (QED) is 0.633. The van der Waals surface area contributed by atoms with Crippen molar-refractivity contribution in [3.8, 4) is 0 Å². The number of nitrogens with zero attached hydrogens (tertiary/aromatic N) is 3. The number of hydrogen-bond acceptors (Lipinski definition) is 5. The van der Waals surface area contributed by atoms with Crippen LogP contribution in [-0.4, -0.2) is 77.8 Å². The summed E-state index contributed by atoms with van der Waals surface area (Å²) in [5.74, 6) is 0.0486. The molecule has 8 heteroatoms. The summed E-state index contributed by atoms with van der Waals surface area (Å²) < 4.78 is 5.04. The number of benzene rings is 1. The lowest BCUT2D eigenvalue weighted by Crippen LogP contribution is -2.52. The fraction of sp³-hybridized carbons (Fsp3) is 0.615. The molecule has 3 aliphatic rings. The second-order valence-corrected chi connectivity index (χ2v) is 9.81. The molecule has 184 valence electrons. The lowest BCUT2D eigenvalue weighted by Gasteiger charge is -2.38. The first-order valence-electron chi connectivity index (χ1n) is 12.4. The van der Waals surface area contributed by atoms with E-state index < -0.39 is 0 Å². The van der Waals surface area contributed by atoms with Gasteiger partial charge < -0.3 is 14.5 Å². The van der Waals surface area contributed by atoms with Crippen LogP contribution in [0.5, 0.6) is 0 Å². The van der Waals surface area contributed by atoms with Crippen molar-refractivity contribution in [3.63, 3.8) is 0 Å². The molecular weight excluding hydrogens is 434 g/mol. The molecule has 0 bridgehead atoms. The Labute approximate surface area is 201 Å². The van der Waals surface area contributed by atoms with Gasteiger partial charge in [-0.3, -0.25) is 19.3 Å². The van der Waals surface area contributed by atoms with Crippen LogP contribution in [0.1, 0.15) is 59.7 Å². The lowest BCUT2D eigenvalue weighted by atomic mass is 9.80. The second kappa shape index (κ2) is 10.2. The first-order chi connectivity index (χ1) is 16.3. The van der Waals surface area contributed by atoms with E-state index in [4.69, 9.17) is 4.74 Å². The first-order valence-corrected chi connectivity index (χ1v) is 12.4. The van der Waals surface area contributed by atoms with Gasteiger partial charge in [-0.1, -0.05) is 6.07 Å². The Morgan fingerprint density at radius 2 is 1.56 bits per heavy atom. The van der Waals surface area contributed by atoms with Crippen molar-refractivity contribution in [2.24, 2.45) is 11.8 Å². The molecular formula is C26H35N3O5. The highest BCUT2D eigenvalue weighted by molar-refractivity contribution is 6.09. The molecule has 0 radical (unpaired) electrons. The predicted molar refractivity (Wildman–Crippen MR) is 126 cm³/mol. The van der Waals surface area contributed by atoms with E-state index in [1.807, 2.05) is 30.9 Å². The Balaban J connectivity index is 1.28. The van der Waals surface area contributed by atoms with Crippen LogP contribution in [0.4, 0.5) is 4.79 Å². The molecule has 0 atom stereocenters. The first kappa shape index (κ1) is 24.2. The third kappa shape index (κ3) is 4.95. The van der Waals surface area contributed by atoms with Crippen molar-refractivity contribution in [1.29, 1.82) is 0 Å². The minimum atomic E-state index is -0.315. The molecule has 0 N–H and O–H groups in total. The smallest absolute Gasteiger partial charge is 0.409 e. The summed E-state index contributed by atoms with van der Waals surface area (Å²) in [6.45, 7) is 8.62. The second-order valence-electron chi connectivity index (χ2n) is 9.81. The van der Waals surface area contributed by atoms with Gasteiger partial charge in [0.15, 0.2) is 0 Å². The Kier molecular flexibility index (Phi) is 7.24. The minimum Gasteiger partial charge on any atom is -0.450 e. The molecule has 1 aromatic carbocycles. The number of rotatable bonds is 4. The van der Waals surface area contributed by atoms with Gasteiger partial charge in [-0.15, -0.1) is 0 Å². The van der Waals surface area contributed by atoms with Gasteiger partial charge in [0.05, 0.1) is 13.0 Å². The Morgan fingerprint density at radius 3 is 2.21 bits per heavy atom. The summed E-state index contributed by atoms with van der Waals surface area (Å²) in [5, 5.41) is 0. The molecule has 0 spiro atoms. The number of carbonyl (C=O) groups excluding carboxylic acids is 4. The summed E-state index contributed by atoms with van der Waals surface area (Å²) >= 11 is 0. The van der Waals surface area contributed by atoms with E-state index in [-0.39, 0.29) is 42.1 Å². The van der Waals surface area contributed by atoms with Gasteiger partial charge >= 0.3 is 6.09 Å². The Morgan fingerprint density at radius 1 is 0.941 bits per heavy atom. The minimum absolute atomic E-state index is 0.0236. The zero-order valence-electron chi connectivity index (χ0n) is 20.5. The summed E-state index contributed by atoms with van der Waals surface area (Å²) in [4.78, 5) is 55.6. The molecule has 34 heavy (non-hydrogen) atoms. The Hall–Kier alpha value is -2.90. The molecule has 2 fully saturated rings. The van der Waals surface area contributed by atoms with Crippen molar-refractivity contribution < 1.29 is 23.9 Å². The maximum absolute atomic E-state index is 13.1. The fourth-order valence-electron chi connectivity index (χ4n) is 5.36. The summed E-state index contributed by atoms with van der Waals surface area (Å²) in [6, 6.07) is 3.87. The molecule has 1 aliphatic carbocycles. The largest absolute Gasteiger partial charge is 0.450 e. The number of carbonyl (C=O) groups is 4. The van der Waals surface area contributed by atoms with Crippen LogP contribution >= 0.6 is 0 Å². The van der Waals surface area contributed by atoms with Crippen molar-refractivity contribution in [1.82, 2.24) is 14.7 Å². The van der Waals surface area contributed by atoms with E-state index in [1.165, 1.54) is 4.90 Å². The summed E-state index contributed by atoms with van der Waals surface area (Å²) in [7, 11) is 0. The standard InChI is InChI=1S/C26H35N3O5/c1-4-34-26(33)28-11-9-27(10-12-28)24(31)20-7-5-19(6-8-20)16-29-23(30)15-21-13-17(2)18(3)14-22(21)25(29)32/h13-14,19-20H,4-12,15-16H2,1-3H3. The van der Waals surface area contributed by atoms with Gasteiger partial charge in [0.25, 0.3) is 5.91 Å². The van der Waals surface area contributed by atoms with Crippen molar-refractivity contribution in [3.05, 3.63) is 34.4 Å². The van der Waals surface area contributed by atoms with Gasteiger partial charge in [0, 0.05) is 44.2 Å². The van der Waals surface area contributed by atoms with Crippen LogP contribution in [-0.2, 0) is 20.7 Å². The number of imide groups is 1. The molecule has 0 unspecified atom stereocenters. The predicted octanol–water partition coefficient (Wildman–Crippen LogP) is 2.94. The van der Waals surface area contributed by atoms with E-state index in [0.717, 1.165) is 42.4 Å². The average Bonchev–Trinajstić information content (AvgIpc) is 2.83. The van der Waals surface area contributed by atoms with Crippen LogP contribution < -0.4 is 0 Å². The van der Waals surface area contributed by atoms with E-state index in [2.05, 4.69) is 0 Å². The van der Waals surface area contributed by atoms with Crippen molar-refractivity contribution >= 4 is 23.8 Å². The molecule has 2 heterocycles. The van der Waals surface area contributed by atoms with Gasteiger partial charge in [0.1, 0.15) is 0 Å². The zero-order chi connectivity index (χ0) is 24.4. The maximum atomic E-state index is 13.1. The van der Waals surface area contributed by atoms with Crippen molar-refractivity contribution in [2.45, 2.75) is 52.9 Å². The van der Waals surface area contributed by atoms with Crippen LogP contribution in [0.3, 0.4) is 0 Å². The van der Waals surface area contributed by atoms with Crippen LogP contribution in [0.15, 0.2) is 12.1 Å². The van der Waals surface area contributed by atoms with Crippen molar-refractivity contribution in [2.75, 3.05) is 39.3 Å². The third-order valence-electron chi connectivity index (χ3n) is 7.59. The molecule has 1 saturated heterocycles. The van der Waals surface area contributed by atoms with Gasteiger partial charge in [0.2, 0.25) is 11.8 Å². The van der Waals surface area contributed by atoms with Crippen LogP contribution in [0, 0.1) is 25.7 Å². The molecule has 1 aromatic rings. The normalized spacial score (nSPS) is 23.1. The number of hydrogen-bond donors (Lipinski definition) is 0. The SMILES string of the molecule is CCOC(=O)N1CCN(C(=O)C2CCC(CN3C(=O)Cc4cc(C)c(C)cc4C3=O)CC2)CC1. The van der Waals surface area contributed by atoms with Gasteiger partial charge in [-0.25, -0.2) is 4.79 Å². The third-order valence-corrected chi connectivity index (χ3v) is 7.59.